The van der Waals surface area contributed by atoms with Crippen molar-refractivity contribution in [2.75, 3.05) is 0 Å². The second-order valence-corrected chi connectivity index (χ2v) is 15.7. The number of fused-ring (bicyclic) bond motifs is 2. The summed E-state index contributed by atoms with van der Waals surface area (Å²) in [6, 6.07) is 61.2. The van der Waals surface area contributed by atoms with Crippen LogP contribution in [0.5, 0.6) is 0 Å². The summed E-state index contributed by atoms with van der Waals surface area (Å²) in [7, 11) is 2.36. The third-order valence-electron chi connectivity index (χ3n) is 9.68. The van der Waals surface area contributed by atoms with Gasteiger partial charge in [0.1, 0.15) is 11.6 Å². The molecule has 0 aromatic heterocycles. The summed E-state index contributed by atoms with van der Waals surface area (Å²) in [6.07, 6.45) is 0.836. The Balaban J connectivity index is 1.47. The maximum atomic E-state index is 14.5. The Hall–Kier alpha value is -5.00. The summed E-state index contributed by atoms with van der Waals surface area (Å²) in [5.74, 6) is -0.601. The van der Waals surface area contributed by atoms with Crippen molar-refractivity contribution < 1.29 is 8.78 Å². The van der Waals surface area contributed by atoms with E-state index in [0.717, 1.165) is 44.6 Å². The van der Waals surface area contributed by atoms with E-state index in [1.165, 1.54) is 51.4 Å². The fourth-order valence-corrected chi connectivity index (χ4v) is 10.2. The molecule has 0 fully saturated rings. The van der Waals surface area contributed by atoms with E-state index in [-0.39, 0.29) is 11.6 Å². The molecule has 0 nitrogen and oxygen atoms in total. The maximum absolute atomic E-state index is 14.5. The van der Waals surface area contributed by atoms with Gasteiger partial charge in [-0.2, -0.15) is 0 Å². The maximum Gasteiger partial charge on any atom is 0.123 e. The van der Waals surface area contributed by atoms with Crippen LogP contribution in [0, 0.1) is 11.6 Å². The molecular formula is C46H34F2P2. The molecule has 0 N–H and O–H groups in total. The van der Waals surface area contributed by atoms with Crippen molar-refractivity contribution in [3.63, 3.8) is 0 Å². The molecule has 0 saturated carbocycles. The van der Waals surface area contributed by atoms with Crippen LogP contribution in [-0.4, -0.2) is 0 Å². The first-order valence-electron chi connectivity index (χ1n) is 16.7. The molecule has 0 heterocycles. The van der Waals surface area contributed by atoms with Crippen LogP contribution in [0.15, 0.2) is 182 Å². The Labute approximate surface area is 295 Å². The number of rotatable bonds is 8. The lowest BCUT2D eigenvalue weighted by Gasteiger charge is -2.35. The van der Waals surface area contributed by atoms with Crippen molar-refractivity contribution in [3.8, 4) is 11.1 Å². The Morgan fingerprint density at radius 3 is 1.40 bits per heavy atom. The van der Waals surface area contributed by atoms with Gasteiger partial charge in [-0.05, 0) is 97.7 Å². The van der Waals surface area contributed by atoms with Crippen molar-refractivity contribution in [2.24, 2.45) is 0 Å². The quantitative estimate of drug-likeness (QED) is 0.110. The SMILES string of the molecule is Fc1ccc(C(P)(c2ccc(F)cc2)c2ccc3ccccc3c2-c2c(CP(c3ccccc3)c3ccccc3)ccc3ccccc23)cc1. The van der Waals surface area contributed by atoms with E-state index in [1.54, 1.807) is 0 Å². The van der Waals surface area contributed by atoms with E-state index in [4.69, 9.17) is 0 Å². The van der Waals surface area contributed by atoms with Crippen LogP contribution in [0.2, 0.25) is 0 Å². The van der Waals surface area contributed by atoms with Crippen LogP contribution in [-0.2, 0) is 11.3 Å². The van der Waals surface area contributed by atoms with Gasteiger partial charge in [0, 0.05) is 6.16 Å². The van der Waals surface area contributed by atoms with Crippen LogP contribution in [0.3, 0.4) is 0 Å². The van der Waals surface area contributed by atoms with Crippen molar-refractivity contribution >= 4 is 49.3 Å². The molecule has 0 aliphatic rings. The van der Waals surface area contributed by atoms with Gasteiger partial charge >= 0.3 is 0 Å². The van der Waals surface area contributed by atoms with Gasteiger partial charge in [-0.1, -0.05) is 158 Å². The fraction of sp³-hybridized carbons (Fsp3) is 0.0435. The third kappa shape index (κ3) is 5.94. The van der Waals surface area contributed by atoms with E-state index < -0.39 is 13.1 Å². The predicted octanol–water partition coefficient (Wildman–Crippen LogP) is 11.7. The monoisotopic (exact) mass is 686 g/mol. The molecular weight excluding hydrogens is 652 g/mol. The normalized spacial score (nSPS) is 11.8. The standard InChI is InChI=1S/C46H34F2P2/c47-37-26-22-35(23-27-37)46(49,36-24-28-38(48)29-25-36)43-30-21-33-12-8-10-18-42(33)45(43)44-34(20-19-32-11-7-9-17-41(32)44)31-50(39-13-3-1-4-14-39)40-15-5-2-6-16-40/h1-30H,31,49H2. The van der Waals surface area contributed by atoms with E-state index in [2.05, 4.69) is 143 Å². The first-order valence-corrected chi connectivity index (χ1v) is 18.8. The molecule has 8 aromatic carbocycles. The smallest absolute Gasteiger partial charge is 0.123 e. The van der Waals surface area contributed by atoms with E-state index in [0.29, 0.717) is 0 Å². The van der Waals surface area contributed by atoms with E-state index >= 15 is 0 Å². The van der Waals surface area contributed by atoms with Gasteiger partial charge in [0.15, 0.2) is 0 Å². The molecule has 1 atom stereocenters. The van der Waals surface area contributed by atoms with Crippen molar-refractivity contribution in [1.29, 1.82) is 0 Å². The topological polar surface area (TPSA) is 0 Å². The van der Waals surface area contributed by atoms with Gasteiger partial charge in [-0.3, -0.25) is 0 Å². The Morgan fingerprint density at radius 2 is 0.880 bits per heavy atom. The molecule has 0 radical (unpaired) electrons. The van der Waals surface area contributed by atoms with Gasteiger partial charge in [-0.25, -0.2) is 8.78 Å². The lowest BCUT2D eigenvalue weighted by Crippen LogP contribution is -2.23. The van der Waals surface area contributed by atoms with E-state index in [1.807, 2.05) is 24.3 Å². The molecule has 0 aliphatic heterocycles. The summed E-state index contributed by atoms with van der Waals surface area (Å²) in [5.41, 5.74) is 6.39. The van der Waals surface area contributed by atoms with Gasteiger partial charge in [0.2, 0.25) is 0 Å². The first kappa shape index (κ1) is 32.2. The highest BCUT2D eigenvalue weighted by Gasteiger charge is 2.36. The average molecular weight is 687 g/mol. The molecule has 4 heteroatoms. The molecule has 8 aromatic rings. The number of hydrogen-bond donors (Lipinski definition) is 0. The minimum Gasteiger partial charge on any atom is -0.207 e. The average Bonchev–Trinajstić information content (AvgIpc) is 3.17. The molecule has 0 aliphatic carbocycles. The second kappa shape index (κ2) is 13.7. The van der Waals surface area contributed by atoms with Crippen LogP contribution in [0.4, 0.5) is 8.78 Å². The first-order chi connectivity index (χ1) is 24.5. The van der Waals surface area contributed by atoms with Gasteiger partial charge < -0.3 is 0 Å². The third-order valence-corrected chi connectivity index (χ3v) is 13.2. The number of benzene rings is 8. The van der Waals surface area contributed by atoms with Crippen molar-refractivity contribution in [3.05, 3.63) is 216 Å². The summed E-state index contributed by atoms with van der Waals surface area (Å²) >= 11 is 0. The second-order valence-electron chi connectivity index (χ2n) is 12.6. The largest absolute Gasteiger partial charge is 0.207 e. The minimum atomic E-state index is -0.835. The van der Waals surface area contributed by atoms with Crippen molar-refractivity contribution in [2.45, 2.75) is 11.3 Å². The highest BCUT2D eigenvalue weighted by molar-refractivity contribution is 7.72. The van der Waals surface area contributed by atoms with Crippen molar-refractivity contribution in [1.82, 2.24) is 0 Å². The summed E-state index contributed by atoms with van der Waals surface area (Å²) < 4.78 is 28.9. The fourth-order valence-electron chi connectivity index (χ4n) is 7.23. The van der Waals surface area contributed by atoms with E-state index in [9.17, 15) is 8.78 Å². The Morgan fingerprint density at radius 1 is 0.440 bits per heavy atom. The summed E-state index contributed by atoms with van der Waals surface area (Å²) in [6.45, 7) is 0. The molecule has 0 saturated heterocycles. The molecule has 50 heavy (non-hydrogen) atoms. The highest BCUT2D eigenvalue weighted by Crippen LogP contribution is 2.53. The lowest BCUT2D eigenvalue weighted by molar-refractivity contribution is 0.625. The molecule has 242 valence electrons. The lowest BCUT2D eigenvalue weighted by atomic mass is 9.77. The number of halogens is 2. The minimum absolute atomic E-state index is 0.300. The molecule has 8 rings (SSSR count). The summed E-state index contributed by atoms with van der Waals surface area (Å²) in [5, 5.41) is 6.40. The zero-order chi connectivity index (χ0) is 34.1. The molecule has 0 bridgehead atoms. The van der Waals surface area contributed by atoms with Crippen LogP contribution in [0.25, 0.3) is 32.7 Å². The van der Waals surface area contributed by atoms with Gasteiger partial charge in [0.05, 0.1) is 5.16 Å². The zero-order valence-electron chi connectivity index (χ0n) is 27.3. The predicted molar refractivity (Wildman–Crippen MR) is 212 cm³/mol. The van der Waals surface area contributed by atoms with Crippen LogP contribution < -0.4 is 10.6 Å². The Bertz CT molecular complexity index is 2340. The summed E-state index contributed by atoms with van der Waals surface area (Å²) in [4.78, 5) is 0. The van der Waals surface area contributed by atoms with Gasteiger partial charge in [-0.15, -0.1) is 9.24 Å². The van der Waals surface area contributed by atoms with Gasteiger partial charge in [0.25, 0.3) is 0 Å². The molecule has 0 amide bonds. The molecule has 0 spiro atoms. The van der Waals surface area contributed by atoms with Crippen LogP contribution >= 0.6 is 17.2 Å². The highest BCUT2D eigenvalue weighted by atomic mass is 31.1. The molecule has 1 unspecified atom stereocenters. The number of hydrogen-bond acceptors (Lipinski definition) is 0. The van der Waals surface area contributed by atoms with Crippen LogP contribution in [0.1, 0.15) is 22.3 Å². The zero-order valence-corrected chi connectivity index (χ0v) is 29.4. The Kier molecular flexibility index (Phi) is 8.84.